The number of aromatic nitrogens is 5. The fourth-order valence-corrected chi connectivity index (χ4v) is 1.81. The largest absolute Gasteiger partial charge is 0.348 e. The van der Waals surface area contributed by atoms with E-state index in [9.17, 15) is 0 Å². The molecule has 0 aliphatic heterocycles. The van der Waals surface area contributed by atoms with Gasteiger partial charge in [-0.15, -0.1) is 10.2 Å². The monoisotopic (exact) mass is 248 g/mol. The molecular weight excluding hydrogens is 228 g/mol. The van der Waals surface area contributed by atoms with Gasteiger partial charge in [0.15, 0.2) is 5.82 Å². The Morgan fingerprint density at radius 1 is 1.39 bits per heavy atom. The molecule has 0 atom stereocenters. The minimum absolute atomic E-state index is 0.638. The summed E-state index contributed by atoms with van der Waals surface area (Å²) in [5.41, 5.74) is 1.03. The Labute approximate surface area is 107 Å². The molecule has 0 fully saturated rings. The van der Waals surface area contributed by atoms with Crippen molar-refractivity contribution in [3.8, 4) is 0 Å². The van der Waals surface area contributed by atoms with Crippen LogP contribution in [0.5, 0.6) is 0 Å². The molecule has 98 valence electrons. The minimum atomic E-state index is 0.638. The number of nitrogens with one attached hydrogen (secondary N) is 1. The van der Waals surface area contributed by atoms with Crippen LogP contribution in [0, 0.1) is 6.92 Å². The van der Waals surface area contributed by atoms with Crippen molar-refractivity contribution in [1.29, 1.82) is 0 Å². The molecule has 6 heteroatoms. The average molecular weight is 248 g/mol. The Morgan fingerprint density at radius 2 is 2.22 bits per heavy atom. The zero-order valence-electron chi connectivity index (χ0n) is 11.2. The first-order valence-corrected chi connectivity index (χ1v) is 6.31. The summed E-state index contributed by atoms with van der Waals surface area (Å²) in [4.78, 5) is 4.49. The van der Waals surface area contributed by atoms with Crippen LogP contribution >= 0.6 is 0 Å². The second-order valence-corrected chi connectivity index (χ2v) is 4.46. The molecular formula is C12H20N6. The molecule has 0 radical (unpaired) electrons. The van der Waals surface area contributed by atoms with E-state index < -0.39 is 0 Å². The van der Waals surface area contributed by atoms with Crippen LogP contribution in [0.1, 0.15) is 31.3 Å². The summed E-state index contributed by atoms with van der Waals surface area (Å²) >= 11 is 0. The fourth-order valence-electron chi connectivity index (χ4n) is 1.81. The molecule has 2 aromatic rings. The highest BCUT2D eigenvalue weighted by atomic mass is 15.3. The molecule has 0 amide bonds. The molecule has 0 spiro atoms. The Hall–Kier alpha value is -1.85. The first kappa shape index (κ1) is 12.6. The van der Waals surface area contributed by atoms with E-state index in [1.54, 1.807) is 6.33 Å². The van der Waals surface area contributed by atoms with Crippen LogP contribution in [0.3, 0.4) is 0 Å². The van der Waals surface area contributed by atoms with Crippen LogP contribution in [-0.4, -0.2) is 24.3 Å². The van der Waals surface area contributed by atoms with Crippen molar-refractivity contribution in [2.45, 2.75) is 39.8 Å². The van der Waals surface area contributed by atoms with E-state index in [1.807, 2.05) is 18.5 Å². The number of rotatable bonds is 6. The van der Waals surface area contributed by atoms with Crippen molar-refractivity contribution >= 4 is 5.95 Å². The van der Waals surface area contributed by atoms with Gasteiger partial charge in [-0.1, -0.05) is 13.3 Å². The molecule has 2 rings (SSSR count). The van der Waals surface area contributed by atoms with Gasteiger partial charge in [-0.25, -0.2) is 4.98 Å². The van der Waals surface area contributed by atoms with E-state index in [2.05, 4.69) is 38.2 Å². The standard InChI is InChI=1S/C12H20N6/c1-4-5-6-18-8-10(2)15-12(18)13-7-11-16-14-9-17(11)3/h8-9H,4-7H2,1-3H3,(H,13,15). The average Bonchev–Trinajstić information content (AvgIpc) is 2.90. The van der Waals surface area contributed by atoms with Gasteiger partial charge in [-0.3, -0.25) is 0 Å². The van der Waals surface area contributed by atoms with Gasteiger partial charge in [0.05, 0.1) is 12.2 Å². The molecule has 18 heavy (non-hydrogen) atoms. The van der Waals surface area contributed by atoms with Gasteiger partial charge in [0, 0.05) is 19.8 Å². The number of hydrogen-bond acceptors (Lipinski definition) is 4. The van der Waals surface area contributed by atoms with Gasteiger partial charge in [0.25, 0.3) is 0 Å². The van der Waals surface area contributed by atoms with Crippen molar-refractivity contribution < 1.29 is 0 Å². The predicted octanol–water partition coefficient (Wildman–Crippen LogP) is 1.73. The lowest BCUT2D eigenvalue weighted by molar-refractivity contribution is 0.633. The SMILES string of the molecule is CCCCn1cc(C)nc1NCc1nncn1C. The Kier molecular flexibility index (Phi) is 3.96. The highest BCUT2D eigenvalue weighted by Gasteiger charge is 2.06. The fraction of sp³-hybridized carbons (Fsp3) is 0.583. The van der Waals surface area contributed by atoms with E-state index in [-0.39, 0.29) is 0 Å². The second kappa shape index (κ2) is 5.66. The first-order valence-electron chi connectivity index (χ1n) is 6.31. The van der Waals surface area contributed by atoms with E-state index in [0.717, 1.165) is 30.4 Å². The number of hydrogen-bond donors (Lipinski definition) is 1. The maximum absolute atomic E-state index is 4.49. The van der Waals surface area contributed by atoms with Crippen LogP contribution in [0.4, 0.5) is 5.95 Å². The van der Waals surface area contributed by atoms with E-state index >= 15 is 0 Å². The van der Waals surface area contributed by atoms with Crippen LogP contribution in [0.25, 0.3) is 0 Å². The maximum Gasteiger partial charge on any atom is 0.203 e. The predicted molar refractivity (Wildman–Crippen MR) is 70.2 cm³/mol. The summed E-state index contributed by atoms with van der Waals surface area (Å²) in [5, 5.41) is 11.2. The van der Waals surface area contributed by atoms with Crippen LogP contribution in [0.15, 0.2) is 12.5 Å². The third-order valence-corrected chi connectivity index (χ3v) is 2.86. The van der Waals surface area contributed by atoms with Gasteiger partial charge in [-0.2, -0.15) is 0 Å². The Morgan fingerprint density at radius 3 is 2.89 bits per heavy atom. The van der Waals surface area contributed by atoms with Crippen molar-refractivity contribution in [3.63, 3.8) is 0 Å². The van der Waals surface area contributed by atoms with E-state index in [0.29, 0.717) is 6.54 Å². The summed E-state index contributed by atoms with van der Waals surface area (Å²) in [5.74, 6) is 1.81. The molecule has 2 aromatic heterocycles. The van der Waals surface area contributed by atoms with Gasteiger partial charge < -0.3 is 14.5 Å². The van der Waals surface area contributed by atoms with Crippen molar-refractivity contribution in [2.75, 3.05) is 5.32 Å². The lowest BCUT2D eigenvalue weighted by Crippen LogP contribution is -2.10. The number of unbranched alkanes of at least 4 members (excludes halogenated alkanes) is 1. The molecule has 0 aliphatic carbocycles. The summed E-state index contributed by atoms with van der Waals surface area (Å²) < 4.78 is 4.06. The third kappa shape index (κ3) is 2.88. The lowest BCUT2D eigenvalue weighted by Gasteiger charge is -2.08. The molecule has 0 aromatic carbocycles. The lowest BCUT2D eigenvalue weighted by atomic mass is 10.3. The van der Waals surface area contributed by atoms with Gasteiger partial charge >= 0.3 is 0 Å². The van der Waals surface area contributed by atoms with Crippen LogP contribution in [0.2, 0.25) is 0 Å². The zero-order valence-corrected chi connectivity index (χ0v) is 11.2. The summed E-state index contributed by atoms with van der Waals surface area (Å²) in [6.07, 6.45) is 6.12. The molecule has 1 N–H and O–H groups in total. The topological polar surface area (TPSA) is 60.6 Å². The maximum atomic E-state index is 4.49. The van der Waals surface area contributed by atoms with Crippen LogP contribution < -0.4 is 5.32 Å². The number of aryl methyl sites for hydroxylation is 3. The molecule has 0 bridgehead atoms. The highest BCUT2D eigenvalue weighted by Crippen LogP contribution is 2.11. The summed E-state index contributed by atoms with van der Waals surface area (Å²) in [6, 6.07) is 0. The van der Waals surface area contributed by atoms with Crippen molar-refractivity contribution in [1.82, 2.24) is 24.3 Å². The van der Waals surface area contributed by atoms with E-state index in [1.165, 1.54) is 6.42 Å². The molecule has 0 unspecified atom stereocenters. The number of nitrogens with zero attached hydrogens (tertiary/aromatic N) is 5. The molecule has 6 nitrogen and oxygen atoms in total. The summed E-state index contributed by atoms with van der Waals surface area (Å²) in [6.45, 7) is 5.84. The first-order chi connectivity index (χ1) is 8.70. The van der Waals surface area contributed by atoms with E-state index in [4.69, 9.17) is 0 Å². The minimum Gasteiger partial charge on any atom is -0.348 e. The Balaban J connectivity index is 2.02. The van der Waals surface area contributed by atoms with Gasteiger partial charge in [0.1, 0.15) is 6.33 Å². The molecule has 0 saturated heterocycles. The second-order valence-electron chi connectivity index (χ2n) is 4.46. The van der Waals surface area contributed by atoms with Gasteiger partial charge in [-0.05, 0) is 13.3 Å². The quantitative estimate of drug-likeness (QED) is 0.845. The smallest absolute Gasteiger partial charge is 0.203 e. The van der Waals surface area contributed by atoms with Gasteiger partial charge in [0.2, 0.25) is 5.95 Å². The normalized spacial score (nSPS) is 10.8. The molecule has 2 heterocycles. The number of anilines is 1. The Bertz CT molecular complexity index is 498. The van der Waals surface area contributed by atoms with Crippen molar-refractivity contribution in [3.05, 3.63) is 24.0 Å². The summed E-state index contributed by atoms with van der Waals surface area (Å²) in [7, 11) is 1.94. The van der Waals surface area contributed by atoms with Crippen molar-refractivity contribution in [2.24, 2.45) is 7.05 Å². The zero-order chi connectivity index (χ0) is 13.0. The molecule has 0 aliphatic rings. The third-order valence-electron chi connectivity index (χ3n) is 2.86. The highest BCUT2D eigenvalue weighted by molar-refractivity contribution is 5.29. The number of imidazole rings is 1. The van der Waals surface area contributed by atoms with Crippen LogP contribution in [-0.2, 0) is 20.1 Å². The molecule has 0 saturated carbocycles.